The lowest BCUT2D eigenvalue weighted by Gasteiger charge is -2.22. The third-order valence-corrected chi connectivity index (χ3v) is 5.66. The summed E-state index contributed by atoms with van der Waals surface area (Å²) in [5.74, 6) is -1.88. The zero-order valence-corrected chi connectivity index (χ0v) is 19.2. The average molecular weight is 445 g/mol. The van der Waals surface area contributed by atoms with Gasteiger partial charge in [-0.05, 0) is 30.7 Å². The molecular weight excluding hydrogens is 408 g/mol. The Kier molecular flexibility index (Phi) is 10.9. The molecule has 2 N–H and O–H groups in total. The summed E-state index contributed by atoms with van der Waals surface area (Å²) in [6, 6.07) is 8.53. The van der Waals surface area contributed by atoms with E-state index >= 15 is 0 Å². The minimum absolute atomic E-state index is 0.0530. The molecule has 1 heterocycles. The standard InChI is InChI=1S/C25H36N2O5/c1-18(2)15-21(27-25(31)32-17-19-11-7-6-8-12-19)22(28)16-20-13-9-4-3-5-10-14-26-24(30)23(20)29/h6-8,11-12,18,20-21H,3-5,9-10,13-17H2,1-2H3,(H,26,30)(H,27,31). The molecule has 1 aromatic rings. The van der Waals surface area contributed by atoms with Gasteiger partial charge >= 0.3 is 6.09 Å². The zero-order valence-electron chi connectivity index (χ0n) is 19.2. The molecule has 0 aromatic heterocycles. The Labute approximate surface area is 190 Å². The number of carbonyl (C=O) groups excluding carboxylic acids is 4. The molecule has 0 aliphatic carbocycles. The van der Waals surface area contributed by atoms with Gasteiger partial charge in [-0.1, -0.05) is 69.9 Å². The van der Waals surface area contributed by atoms with E-state index in [4.69, 9.17) is 4.74 Å². The van der Waals surface area contributed by atoms with E-state index in [0.29, 0.717) is 19.4 Å². The van der Waals surface area contributed by atoms with Crippen molar-refractivity contribution >= 4 is 23.6 Å². The summed E-state index contributed by atoms with van der Waals surface area (Å²) in [5.41, 5.74) is 0.850. The number of rotatable bonds is 8. The van der Waals surface area contributed by atoms with Crippen LogP contribution in [-0.2, 0) is 25.7 Å². The normalized spacial score (nSPS) is 18.9. The van der Waals surface area contributed by atoms with Gasteiger partial charge in [0.15, 0.2) is 5.78 Å². The van der Waals surface area contributed by atoms with Crippen molar-refractivity contribution in [2.75, 3.05) is 6.54 Å². The molecule has 1 fully saturated rings. The summed E-state index contributed by atoms with van der Waals surface area (Å²) in [4.78, 5) is 50.3. The number of benzene rings is 1. The number of carbonyl (C=O) groups is 4. The molecule has 1 aliphatic heterocycles. The molecule has 2 unspecified atom stereocenters. The minimum atomic E-state index is -0.757. The number of nitrogens with one attached hydrogen (secondary N) is 2. The van der Waals surface area contributed by atoms with Crippen molar-refractivity contribution in [3.8, 4) is 0 Å². The Hall–Kier alpha value is -2.70. The second kappa shape index (κ2) is 13.7. The van der Waals surface area contributed by atoms with Crippen molar-refractivity contribution in [2.45, 2.75) is 77.9 Å². The summed E-state index contributed by atoms with van der Waals surface area (Å²) in [6.45, 7) is 4.51. The van der Waals surface area contributed by atoms with Crippen LogP contribution >= 0.6 is 0 Å². The Morgan fingerprint density at radius 1 is 1.06 bits per heavy atom. The Bertz CT molecular complexity index is 763. The van der Waals surface area contributed by atoms with Crippen LogP contribution in [-0.4, -0.2) is 36.2 Å². The van der Waals surface area contributed by atoms with E-state index in [-0.39, 0.29) is 24.7 Å². The van der Waals surface area contributed by atoms with E-state index in [1.807, 2.05) is 44.2 Å². The SMILES string of the molecule is CC(C)CC(NC(=O)OCc1ccccc1)C(=O)CC1CCCCCCCNC(=O)C1=O. The van der Waals surface area contributed by atoms with Crippen molar-refractivity contribution in [1.82, 2.24) is 10.6 Å². The summed E-state index contributed by atoms with van der Waals surface area (Å²) >= 11 is 0. The third-order valence-electron chi connectivity index (χ3n) is 5.66. The third kappa shape index (κ3) is 9.20. The molecule has 176 valence electrons. The highest BCUT2D eigenvalue weighted by Crippen LogP contribution is 2.20. The summed E-state index contributed by atoms with van der Waals surface area (Å²) in [7, 11) is 0. The molecule has 1 aromatic carbocycles. The molecule has 1 aliphatic rings. The van der Waals surface area contributed by atoms with E-state index in [1.165, 1.54) is 0 Å². The van der Waals surface area contributed by atoms with Gasteiger partial charge < -0.3 is 15.4 Å². The lowest BCUT2D eigenvalue weighted by atomic mass is 9.87. The lowest BCUT2D eigenvalue weighted by Crippen LogP contribution is -2.44. The topological polar surface area (TPSA) is 102 Å². The fourth-order valence-electron chi connectivity index (χ4n) is 3.88. The van der Waals surface area contributed by atoms with Gasteiger partial charge in [-0.15, -0.1) is 0 Å². The lowest BCUT2D eigenvalue weighted by molar-refractivity contribution is -0.141. The van der Waals surface area contributed by atoms with Crippen LogP contribution in [0.15, 0.2) is 30.3 Å². The van der Waals surface area contributed by atoms with Gasteiger partial charge in [0.05, 0.1) is 6.04 Å². The molecule has 7 heteroatoms. The van der Waals surface area contributed by atoms with Gasteiger partial charge in [0, 0.05) is 18.9 Å². The highest BCUT2D eigenvalue weighted by atomic mass is 16.5. The quantitative estimate of drug-likeness (QED) is 0.591. The molecular formula is C25H36N2O5. The molecule has 0 saturated carbocycles. The van der Waals surface area contributed by atoms with E-state index in [2.05, 4.69) is 10.6 Å². The van der Waals surface area contributed by atoms with Crippen molar-refractivity contribution in [2.24, 2.45) is 11.8 Å². The van der Waals surface area contributed by atoms with Crippen molar-refractivity contribution in [1.29, 1.82) is 0 Å². The van der Waals surface area contributed by atoms with Gasteiger partial charge in [-0.3, -0.25) is 14.4 Å². The monoisotopic (exact) mass is 444 g/mol. The number of hydrogen-bond acceptors (Lipinski definition) is 5. The maximum absolute atomic E-state index is 13.1. The molecule has 7 nitrogen and oxygen atoms in total. The smallest absolute Gasteiger partial charge is 0.408 e. The number of ketones is 2. The van der Waals surface area contributed by atoms with Crippen LogP contribution in [0.25, 0.3) is 0 Å². The number of Topliss-reactive ketones (excluding diaryl/α,β-unsaturated/α-hetero) is 2. The van der Waals surface area contributed by atoms with Crippen LogP contribution in [0, 0.1) is 11.8 Å². The van der Waals surface area contributed by atoms with Gasteiger partial charge in [0.2, 0.25) is 5.78 Å². The van der Waals surface area contributed by atoms with Gasteiger partial charge in [-0.25, -0.2) is 4.79 Å². The van der Waals surface area contributed by atoms with Gasteiger partial charge in [0.25, 0.3) is 5.91 Å². The summed E-state index contributed by atoms with van der Waals surface area (Å²) < 4.78 is 5.27. The Balaban J connectivity index is 1.99. The first-order valence-corrected chi connectivity index (χ1v) is 11.7. The number of ether oxygens (including phenoxy) is 1. The van der Waals surface area contributed by atoms with Crippen LogP contribution in [0.1, 0.15) is 70.8 Å². The van der Waals surface area contributed by atoms with Crippen LogP contribution in [0.2, 0.25) is 0 Å². The van der Waals surface area contributed by atoms with Crippen LogP contribution in [0.4, 0.5) is 4.79 Å². The minimum Gasteiger partial charge on any atom is -0.445 e. The van der Waals surface area contributed by atoms with Gasteiger partial charge in [0.1, 0.15) is 6.61 Å². The first-order chi connectivity index (χ1) is 15.4. The predicted octanol–water partition coefficient (Wildman–Crippen LogP) is 3.94. The molecule has 1 saturated heterocycles. The molecule has 0 spiro atoms. The largest absolute Gasteiger partial charge is 0.445 e. The fourth-order valence-corrected chi connectivity index (χ4v) is 3.88. The zero-order chi connectivity index (χ0) is 23.3. The van der Waals surface area contributed by atoms with E-state index < -0.39 is 29.7 Å². The van der Waals surface area contributed by atoms with E-state index in [1.54, 1.807) is 0 Å². The summed E-state index contributed by atoms with van der Waals surface area (Å²) in [6.07, 6.45) is 4.93. The fraction of sp³-hybridized carbons (Fsp3) is 0.600. The van der Waals surface area contributed by atoms with Crippen molar-refractivity contribution < 1.29 is 23.9 Å². The molecule has 2 atom stereocenters. The van der Waals surface area contributed by atoms with Crippen LogP contribution in [0.5, 0.6) is 0 Å². The Morgan fingerprint density at radius 2 is 1.75 bits per heavy atom. The van der Waals surface area contributed by atoms with Crippen molar-refractivity contribution in [3.63, 3.8) is 0 Å². The second-order valence-electron chi connectivity index (χ2n) is 8.93. The molecule has 0 radical (unpaired) electrons. The maximum Gasteiger partial charge on any atom is 0.408 e. The second-order valence-corrected chi connectivity index (χ2v) is 8.93. The maximum atomic E-state index is 13.1. The van der Waals surface area contributed by atoms with Crippen LogP contribution in [0.3, 0.4) is 0 Å². The number of hydrogen-bond donors (Lipinski definition) is 2. The van der Waals surface area contributed by atoms with Gasteiger partial charge in [-0.2, -0.15) is 0 Å². The number of alkyl carbamates (subject to hydrolysis) is 1. The first-order valence-electron chi connectivity index (χ1n) is 11.7. The first kappa shape index (κ1) is 25.6. The van der Waals surface area contributed by atoms with Crippen molar-refractivity contribution in [3.05, 3.63) is 35.9 Å². The van der Waals surface area contributed by atoms with E-state index in [0.717, 1.165) is 37.7 Å². The van der Waals surface area contributed by atoms with Crippen LogP contribution < -0.4 is 10.6 Å². The molecule has 2 rings (SSSR count). The highest BCUT2D eigenvalue weighted by molar-refractivity contribution is 6.37. The molecule has 0 bridgehead atoms. The Morgan fingerprint density at radius 3 is 2.47 bits per heavy atom. The predicted molar refractivity (Wildman–Crippen MR) is 122 cm³/mol. The number of amides is 2. The average Bonchev–Trinajstić information content (AvgIpc) is 2.80. The highest BCUT2D eigenvalue weighted by Gasteiger charge is 2.31. The molecule has 32 heavy (non-hydrogen) atoms. The van der Waals surface area contributed by atoms with E-state index in [9.17, 15) is 19.2 Å². The summed E-state index contributed by atoms with van der Waals surface area (Å²) in [5, 5.41) is 5.34. The molecule has 2 amide bonds.